The van der Waals surface area contributed by atoms with Crippen molar-refractivity contribution in [1.82, 2.24) is 9.78 Å². The van der Waals surface area contributed by atoms with Gasteiger partial charge in [0.05, 0.1) is 11.4 Å². The molecule has 0 saturated heterocycles. The number of hydrogen-bond donors (Lipinski definition) is 2. The number of anilines is 2. The van der Waals surface area contributed by atoms with Gasteiger partial charge in [0.1, 0.15) is 5.82 Å². The fourth-order valence-electron chi connectivity index (χ4n) is 2.02. The molecule has 1 rings (SSSR count). The van der Waals surface area contributed by atoms with E-state index in [1.54, 1.807) is 0 Å². The maximum absolute atomic E-state index is 6.13. The Morgan fingerprint density at radius 1 is 1.29 bits per heavy atom. The second kappa shape index (κ2) is 5.94. The topological polar surface area (TPSA) is 55.9 Å². The van der Waals surface area contributed by atoms with Crippen LogP contribution in [-0.4, -0.2) is 16.3 Å². The van der Waals surface area contributed by atoms with Crippen molar-refractivity contribution in [2.45, 2.75) is 46.5 Å². The van der Waals surface area contributed by atoms with Crippen molar-refractivity contribution in [1.29, 1.82) is 0 Å². The average Bonchev–Trinajstić information content (AvgIpc) is 2.57. The Balaban J connectivity index is 2.77. The minimum atomic E-state index is 0.366. The number of nitrogens with one attached hydrogen (secondary N) is 1. The molecule has 0 unspecified atom stereocenters. The maximum Gasteiger partial charge on any atom is 0.147 e. The highest BCUT2D eigenvalue weighted by atomic mass is 15.3. The van der Waals surface area contributed by atoms with Gasteiger partial charge in [-0.1, -0.05) is 40.5 Å². The molecule has 0 atom stereocenters. The first kappa shape index (κ1) is 13.9. The summed E-state index contributed by atoms with van der Waals surface area (Å²) in [6.45, 7) is 9.64. The van der Waals surface area contributed by atoms with E-state index in [4.69, 9.17) is 5.73 Å². The third kappa shape index (κ3) is 3.14. The molecule has 17 heavy (non-hydrogen) atoms. The van der Waals surface area contributed by atoms with Gasteiger partial charge < -0.3 is 11.1 Å². The molecule has 4 heteroatoms. The van der Waals surface area contributed by atoms with Crippen molar-refractivity contribution in [3.63, 3.8) is 0 Å². The molecule has 0 radical (unpaired) electrons. The molecule has 0 aliphatic rings. The lowest BCUT2D eigenvalue weighted by atomic mass is 10.0. The van der Waals surface area contributed by atoms with Crippen LogP contribution < -0.4 is 11.1 Å². The molecule has 1 aromatic rings. The molecule has 0 spiro atoms. The summed E-state index contributed by atoms with van der Waals surface area (Å²) < 4.78 is 1.85. The normalized spacial score (nSPS) is 11.5. The molecule has 0 fully saturated rings. The number of nitrogens with two attached hydrogens (primary N) is 1. The molecule has 98 valence electrons. The van der Waals surface area contributed by atoms with Crippen molar-refractivity contribution in [3.05, 3.63) is 5.69 Å². The monoisotopic (exact) mass is 238 g/mol. The average molecular weight is 238 g/mol. The van der Waals surface area contributed by atoms with Crippen LogP contribution in [0.3, 0.4) is 0 Å². The second-order valence-electron chi connectivity index (χ2n) is 4.99. The Hall–Kier alpha value is -1.19. The van der Waals surface area contributed by atoms with Crippen LogP contribution in [0.1, 0.15) is 52.1 Å². The molecule has 0 aromatic carbocycles. The van der Waals surface area contributed by atoms with Gasteiger partial charge in [0.15, 0.2) is 0 Å². The van der Waals surface area contributed by atoms with Crippen molar-refractivity contribution in [2.75, 3.05) is 17.6 Å². The third-order valence-electron chi connectivity index (χ3n) is 3.37. The zero-order chi connectivity index (χ0) is 13.0. The summed E-state index contributed by atoms with van der Waals surface area (Å²) in [5, 5.41) is 7.90. The summed E-state index contributed by atoms with van der Waals surface area (Å²) in [4.78, 5) is 0. The molecule has 1 aromatic heterocycles. The third-order valence-corrected chi connectivity index (χ3v) is 3.37. The summed E-state index contributed by atoms with van der Waals surface area (Å²) >= 11 is 0. The molecule has 0 amide bonds. The second-order valence-corrected chi connectivity index (χ2v) is 4.99. The van der Waals surface area contributed by atoms with E-state index in [-0.39, 0.29) is 0 Å². The highest BCUT2D eigenvalue weighted by Crippen LogP contribution is 2.27. The zero-order valence-electron chi connectivity index (χ0n) is 11.7. The first-order chi connectivity index (χ1) is 8.01. The SMILES string of the molecule is CCC(CC)CNc1c(N)c(C(C)C)nn1C. The minimum Gasteiger partial charge on any atom is -0.394 e. The Labute approximate surface area is 105 Å². The smallest absolute Gasteiger partial charge is 0.147 e. The van der Waals surface area contributed by atoms with E-state index in [0.29, 0.717) is 11.8 Å². The summed E-state index contributed by atoms with van der Waals surface area (Å²) in [7, 11) is 1.94. The number of aryl methyl sites for hydroxylation is 1. The molecule has 1 heterocycles. The van der Waals surface area contributed by atoms with Crippen LogP contribution >= 0.6 is 0 Å². The van der Waals surface area contributed by atoms with Crippen LogP contribution in [0.15, 0.2) is 0 Å². The van der Waals surface area contributed by atoms with Crippen LogP contribution in [0.4, 0.5) is 11.5 Å². The van der Waals surface area contributed by atoms with Crippen LogP contribution in [-0.2, 0) is 7.05 Å². The number of nitrogens with zero attached hydrogens (tertiary/aromatic N) is 2. The van der Waals surface area contributed by atoms with Crippen molar-refractivity contribution in [3.8, 4) is 0 Å². The van der Waals surface area contributed by atoms with Crippen LogP contribution in [0.2, 0.25) is 0 Å². The van der Waals surface area contributed by atoms with E-state index in [0.717, 1.165) is 23.7 Å². The van der Waals surface area contributed by atoms with Gasteiger partial charge in [-0.3, -0.25) is 4.68 Å². The molecule has 4 nitrogen and oxygen atoms in total. The summed E-state index contributed by atoms with van der Waals surface area (Å²) in [6.07, 6.45) is 2.39. The van der Waals surface area contributed by atoms with Gasteiger partial charge in [0.2, 0.25) is 0 Å². The molecule has 3 N–H and O–H groups in total. The van der Waals surface area contributed by atoms with Crippen molar-refractivity contribution >= 4 is 11.5 Å². The van der Waals surface area contributed by atoms with Gasteiger partial charge >= 0.3 is 0 Å². The van der Waals surface area contributed by atoms with E-state index >= 15 is 0 Å². The molecular formula is C13H26N4. The number of nitrogen functional groups attached to an aromatic ring is 1. The Morgan fingerprint density at radius 2 is 1.88 bits per heavy atom. The highest BCUT2D eigenvalue weighted by molar-refractivity contribution is 5.65. The quantitative estimate of drug-likeness (QED) is 0.801. The Morgan fingerprint density at radius 3 is 2.29 bits per heavy atom. The molecule has 0 aliphatic heterocycles. The lowest BCUT2D eigenvalue weighted by Crippen LogP contribution is -2.15. The number of hydrogen-bond acceptors (Lipinski definition) is 3. The molecular weight excluding hydrogens is 212 g/mol. The van der Waals surface area contributed by atoms with E-state index in [1.807, 2.05) is 11.7 Å². The molecule has 0 bridgehead atoms. The van der Waals surface area contributed by atoms with Gasteiger partial charge in [-0.25, -0.2) is 0 Å². The largest absolute Gasteiger partial charge is 0.394 e. The summed E-state index contributed by atoms with van der Waals surface area (Å²) in [5.41, 5.74) is 7.91. The number of rotatable bonds is 6. The van der Waals surface area contributed by atoms with E-state index in [1.165, 1.54) is 12.8 Å². The van der Waals surface area contributed by atoms with Gasteiger partial charge in [-0.05, 0) is 11.8 Å². The van der Waals surface area contributed by atoms with Gasteiger partial charge in [-0.15, -0.1) is 0 Å². The van der Waals surface area contributed by atoms with E-state index < -0.39 is 0 Å². The van der Waals surface area contributed by atoms with Gasteiger partial charge in [0.25, 0.3) is 0 Å². The van der Waals surface area contributed by atoms with Crippen LogP contribution in [0.5, 0.6) is 0 Å². The van der Waals surface area contributed by atoms with Gasteiger partial charge in [-0.2, -0.15) is 5.10 Å². The Bertz CT molecular complexity index is 351. The molecule has 0 saturated carbocycles. The predicted molar refractivity (Wildman–Crippen MR) is 74.3 cm³/mol. The first-order valence-corrected chi connectivity index (χ1v) is 6.57. The van der Waals surface area contributed by atoms with Crippen molar-refractivity contribution < 1.29 is 0 Å². The predicted octanol–water partition coefficient (Wildman–Crippen LogP) is 2.97. The van der Waals surface area contributed by atoms with Crippen LogP contribution in [0.25, 0.3) is 0 Å². The maximum atomic E-state index is 6.13. The zero-order valence-corrected chi connectivity index (χ0v) is 11.7. The highest BCUT2D eigenvalue weighted by Gasteiger charge is 2.16. The minimum absolute atomic E-state index is 0.366. The van der Waals surface area contributed by atoms with E-state index in [2.05, 4.69) is 38.1 Å². The van der Waals surface area contributed by atoms with E-state index in [9.17, 15) is 0 Å². The molecule has 0 aliphatic carbocycles. The standard InChI is InChI=1S/C13H26N4/c1-6-10(7-2)8-15-13-11(14)12(9(3)4)16-17(13)5/h9-10,15H,6-8,14H2,1-5H3. The lowest BCUT2D eigenvalue weighted by Gasteiger charge is -2.14. The van der Waals surface area contributed by atoms with Gasteiger partial charge in [0, 0.05) is 13.6 Å². The fourth-order valence-corrected chi connectivity index (χ4v) is 2.02. The first-order valence-electron chi connectivity index (χ1n) is 6.57. The van der Waals surface area contributed by atoms with Crippen molar-refractivity contribution in [2.24, 2.45) is 13.0 Å². The number of aromatic nitrogens is 2. The lowest BCUT2D eigenvalue weighted by molar-refractivity contribution is 0.517. The van der Waals surface area contributed by atoms with Crippen LogP contribution in [0, 0.1) is 5.92 Å². The summed E-state index contributed by atoms with van der Waals surface area (Å²) in [5.74, 6) is 2.03. The fraction of sp³-hybridized carbons (Fsp3) is 0.769. The Kier molecular flexibility index (Phi) is 4.85. The summed E-state index contributed by atoms with van der Waals surface area (Å²) in [6, 6.07) is 0.